The second kappa shape index (κ2) is 9.74. The molecule has 3 heterocycles. The number of benzene rings is 2. The van der Waals surface area contributed by atoms with Gasteiger partial charge in [0.15, 0.2) is 0 Å². The van der Waals surface area contributed by atoms with Crippen LogP contribution in [0.15, 0.2) is 81.1 Å². The third-order valence-electron chi connectivity index (χ3n) is 5.47. The van der Waals surface area contributed by atoms with Crippen LogP contribution in [0.5, 0.6) is 0 Å². The van der Waals surface area contributed by atoms with Crippen LogP contribution in [-0.4, -0.2) is 31.9 Å². The Balaban J connectivity index is 1.54. The number of aromatic nitrogens is 4. The highest BCUT2D eigenvalue weighted by atomic mass is 32.2. The van der Waals surface area contributed by atoms with E-state index in [0.717, 1.165) is 4.90 Å². The van der Waals surface area contributed by atoms with Crippen molar-refractivity contribution in [2.75, 3.05) is 11.6 Å². The molecule has 10 heteroatoms. The van der Waals surface area contributed by atoms with E-state index in [1.165, 1.54) is 24.4 Å². The first-order valence-corrected chi connectivity index (χ1v) is 12.2. The first-order chi connectivity index (χ1) is 17.4. The molecular weight excluding hydrogens is 481 g/mol. The van der Waals surface area contributed by atoms with Crippen molar-refractivity contribution in [3.63, 3.8) is 0 Å². The van der Waals surface area contributed by atoms with Crippen LogP contribution in [0.3, 0.4) is 0 Å². The first-order valence-electron chi connectivity index (χ1n) is 11.0. The number of nitrogens with one attached hydrogen (secondary N) is 1. The molecule has 180 valence electrons. The SMILES string of the molecule is CSc1cccc(NC(=O)Cn2cc(-c3nc(-c4cccc(F)c4)no3)c(=O)c3ccc(C)nc32)c1. The van der Waals surface area contributed by atoms with Crippen molar-refractivity contribution in [3.8, 4) is 22.8 Å². The summed E-state index contributed by atoms with van der Waals surface area (Å²) in [5.74, 6) is -0.631. The number of carbonyl (C=O) groups is 1. The molecule has 0 aliphatic carbocycles. The highest BCUT2D eigenvalue weighted by Gasteiger charge is 2.19. The van der Waals surface area contributed by atoms with Gasteiger partial charge in [0, 0.05) is 28.0 Å². The van der Waals surface area contributed by atoms with Crippen molar-refractivity contribution in [2.45, 2.75) is 18.4 Å². The lowest BCUT2D eigenvalue weighted by Crippen LogP contribution is -2.22. The molecule has 0 fully saturated rings. The summed E-state index contributed by atoms with van der Waals surface area (Å²) in [7, 11) is 0. The zero-order valence-electron chi connectivity index (χ0n) is 19.4. The molecule has 0 unspecified atom stereocenters. The molecule has 0 saturated heterocycles. The summed E-state index contributed by atoms with van der Waals surface area (Å²) in [4.78, 5) is 36.0. The van der Waals surface area contributed by atoms with E-state index in [4.69, 9.17) is 4.52 Å². The van der Waals surface area contributed by atoms with E-state index in [1.807, 2.05) is 24.5 Å². The second-order valence-corrected chi connectivity index (χ2v) is 8.92. The van der Waals surface area contributed by atoms with Gasteiger partial charge in [-0.1, -0.05) is 23.4 Å². The summed E-state index contributed by atoms with van der Waals surface area (Å²) in [6.07, 6.45) is 3.44. The summed E-state index contributed by atoms with van der Waals surface area (Å²) < 4.78 is 20.6. The smallest absolute Gasteiger partial charge is 0.263 e. The Morgan fingerprint density at radius 3 is 2.75 bits per heavy atom. The molecule has 8 nitrogen and oxygen atoms in total. The van der Waals surface area contributed by atoms with E-state index in [-0.39, 0.29) is 35.2 Å². The summed E-state index contributed by atoms with van der Waals surface area (Å²) in [6.45, 7) is 1.70. The molecule has 0 atom stereocenters. The Morgan fingerprint density at radius 1 is 1.11 bits per heavy atom. The molecule has 0 bridgehead atoms. The number of rotatable bonds is 6. The van der Waals surface area contributed by atoms with Gasteiger partial charge in [0.2, 0.25) is 17.2 Å². The van der Waals surface area contributed by atoms with E-state index in [2.05, 4.69) is 20.4 Å². The van der Waals surface area contributed by atoms with E-state index >= 15 is 0 Å². The monoisotopic (exact) mass is 501 g/mol. The van der Waals surface area contributed by atoms with E-state index in [9.17, 15) is 14.0 Å². The number of carbonyl (C=O) groups excluding carboxylic acids is 1. The van der Waals surface area contributed by atoms with Gasteiger partial charge in [-0.05, 0) is 55.6 Å². The number of hydrogen-bond acceptors (Lipinski definition) is 7. The normalized spacial score (nSPS) is 11.1. The summed E-state index contributed by atoms with van der Waals surface area (Å²) in [6, 6.07) is 16.6. The van der Waals surface area contributed by atoms with Gasteiger partial charge in [-0.15, -0.1) is 11.8 Å². The minimum absolute atomic E-state index is 0.0384. The van der Waals surface area contributed by atoms with Crippen molar-refractivity contribution in [3.05, 3.63) is 88.6 Å². The number of thioether (sulfide) groups is 1. The summed E-state index contributed by atoms with van der Waals surface area (Å²) >= 11 is 1.57. The molecule has 0 spiro atoms. The number of anilines is 1. The van der Waals surface area contributed by atoms with Crippen LogP contribution in [0, 0.1) is 12.7 Å². The molecule has 36 heavy (non-hydrogen) atoms. The largest absolute Gasteiger partial charge is 0.333 e. The molecule has 1 amide bonds. The fraction of sp³-hybridized carbons (Fsp3) is 0.115. The quantitative estimate of drug-likeness (QED) is 0.329. The lowest BCUT2D eigenvalue weighted by molar-refractivity contribution is -0.116. The number of aryl methyl sites for hydroxylation is 1. The average molecular weight is 502 g/mol. The molecule has 0 aliphatic heterocycles. The van der Waals surface area contributed by atoms with Crippen LogP contribution < -0.4 is 10.7 Å². The summed E-state index contributed by atoms with van der Waals surface area (Å²) in [5, 5.41) is 7.09. The Bertz CT molecular complexity index is 1660. The van der Waals surface area contributed by atoms with E-state index < -0.39 is 5.82 Å². The fourth-order valence-electron chi connectivity index (χ4n) is 3.77. The molecular formula is C26H20FN5O3S. The summed E-state index contributed by atoms with van der Waals surface area (Å²) in [5.41, 5.74) is 1.88. The number of halogens is 1. The van der Waals surface area contributed by atoms with Crippen LogP contribution in [0.2, 0.25) is 0 Å². The minimum Gasteiger partial charge on any atom is -0.333 e. The van der Waals surface area contributed by atoms with Crippen LogP contribution in [0.4, 0.5) is 10.1 Å². The number of fused-ring (bicyclic) bond motifs is 1. The maximum Gasteiger partial charge on any atom is 0.263 e. The predicted molar refractivity (Wildman–Crippen MR) is 136 cm³/mol. The van der Waals surface area contributed by atoms with Crippen LogP contribution in [-0.2, 0) is 11.3 Å². The van der Waals surface area contributed by atoms with Gasteiger partial charge in [0.1, 0.15) is 23.6 Å². The highest BCUT2D eigenvalue weighted by molar-refractivity contribution is 7.98. The second-order valence-electron chi connectivity index (χ2n) is 8.04. The number of amides is 1. The van der Waals surface area contributed by atoms with Crippen molar-refractivity contribution in [2.24, 2.45) is 0 Å². The molecule has 0 radical (unpaired) electrons. The third kappa shape index (κ3) is 4.76. The first kappa shape index (κ1) is 23.4. The van der Waals surface area contributed by atoms with Gasteiger partial charge in [0.05, 0.1) is 5.39 Å². The van der Waals surface area contributed by atoms with Gasteiger partial charge in [-0.2, -0.15) is 4.98 Å². The van der Waals surface area contributed by atoms with Crippen molar-refractivity contribution >= 4 is 34.4 Å². The third-order valence-corrected chi connectivity index (χ3v) is 6.19. The molecule has 5 aromatic rings. The molecule has 5 rings (SSSR count). The highest BCUT2D eigenvalue weighted by Crippen LogP contribution is 2.23. The standard InChI is InChI=1S/C26H20FN5O3S/c1-15-9-10-20-23(34)21(26-30-24(31-35-26)16-5-3-6-17(27)11-16)13-32(25(20)28-15)14-22(33)29-18-7-4-8-19(12-18)36-2/h3-13H,14H2,1-2H3,(H,29,33). The Hall–Kier alpha value is -4.31. The molecule has 3 aromatic heterocycles. The number of nitrogens with zero attached hydrogens (tertiary/aromatic N) is 4. The molecule has 0 saturated carbocycles. The molecule has 0 aliphatic rings. The molecule has 1 N–H and O–H groups in total. The van der Waals surface area contributed by atoms with Gasteiger partial charge in [-0.25, -0.2) is 9.37 Å². The Morgan fingerprint density at radius 2 is 1.94 bits per heavy atom. The Kier molecular flexibility index (Phi) is 6.34. The van der Waals surface area contributed by atoms with Crippen molar-refractivity contribution in [1.82, 2.24) is 19.7 Å². The minimum atomic E-state index is -0.442. The van der Waals surface area contributed by atoms with Gasteiger partial charge >= 0.3 is 0 Å². The maximum absolute atomic E-state index is 13.6. The zero-order valence-corrected chi connectivity index (χ0v) is 20.2. The van der Waals surface area contributed by atoms with E-state index in [1.54, 1.807) is 47.5 Å². The van der Waals surface area contributed by atoms with Gasteiger partial charge < -0.3 is 14.4 Å². The van der Waals surface area contributed by atoms with Crippen molar-refractivity contribution < 1.29 is 13.7 Å². The van der Waals surface area contributed by atoms with E-state index in [0.29, 0.717) is 28.0 Å². The predicted octanol–water partition coefficient (Wildman–Crippen LogP) is 4.92. The zero-order chi connectivity index (χ0) is 25.2. The Labute approximate surface area is 209 Å². The van der Waals surface area contributed by atoms with Gasteiger partial charge in [0.25, 0.3) is 5.89 Å². The van der Waals surface area contributed by atoms with Crippen molar-refractivity contribution in [1.29, 1.82) is 0 Å². The number of pyridine rings is 2. The number of hydrogen-bond donors (Lipinski definition) is 1. The fourth-order valence-corrected chi connectivity index (χ4v) is 4.23. The van der Waals surface area contributed by atoms with Crippen LogP contribution >= 0.6 is 11.8 Å². The molecule has 2 aromatic carbocycles. The topological polar surface area (TPSA) is 103 Å². The maximum atomic E-state index is 13.6. The van der Waals surface area contributed by atoms with Crippen LogP contribution in [0.25, 0.3) is 33.9 Å². The van der Waals surface area contributed by atoms with Gasteiger partial charge in [-0.3, -0.25) is 9.59 Å². The lowest BCUT2D eigenvalue weighted by Gasteiger charge is -2.13. The van der Waals surface area contributed by atoms with Crippen LogP contribution in [0.1, 0.15) is 5.69 Å². The average Bonchev–Trinajstić information content (AvgIpc) is 3.36. The lowest BCUT2D eigenvalue weighted by atomic mass is 10.1.